The molecule has 0 aromatic carbocycles. The van der Waals surface area contributed by atoms with E-state index in [0.29, 0.717) is 18.1 Å². The second-order valence-electron chi connectivity index (χ2n) is 2.52. The van der Waals surface area contributed by atoms with E-state index in [2.05, 4.69) is 23.8 Å². The van der Waals surface area contributed by atoms with Crippen LogP contribution in [0.15, 0.2) is 37.1 Å². The van der Waals surface area contributed by atoms with E-state index in [0.717, 1.165) is 5.70 Å². The van der Waals surface area contributed by atoms with Gasteiger partial charge in [-0.1, -0.05) is 19.2 Å². The van der Waals surface area contributed by atoms with Gasteiger partial charge in [0, 0.05) is 18.8 Å². The van der Waals surface area contributed by atoms with E-state index in [9.17, 15) is 0 Å². The fourth-order valence-corrected chi connectivity index (χ4v) is 0.964. The van der Waals surface area contributed by atoms with Crippen molar-refractivity contribution in [2.75, 3.05) is 13.2 Å². The predicted octanol–water partition coefficient (Wildman–Crippen LogP) is 1.09. The second-order valence-corrected chi connectivity index (χ2v) is 2.93. The Morgan fingerprint density at radius 2 is 2.14 bits per heavy atom. The van der Waals surface area contributed by atoms with Gasteiger partial charge in [-0.2, -0.15) is 0 Å². The van der Waals surface area contributed by atoms with Crippen LogP contribution in [0.4, 0.5) is 0 Å². The van der Waals surface area contributed by atoms with Crippen LogP contribution in [-0.2, 0) is 0 Å². The first-order valence-electron chi connectivity index (χ1n) is 4.35. The molecule has 3 nitrogen and oxygen atoms in total. The first kappa shape index (κ1) is 12.9. The molecule has 0 saturated heterocycles. The SMILES string of the molecule is C=C/C=C(\C=C)NC(=S)NCCCO. The molecule has 0 bridgehead atoms. The number of thiocarbonyl (C=S) groups is 1. The lowest BCUT2D eigenvalue weighted by Crippen LogP contribution is -2.35. The van der Waals surface area contributed by atoms with Crippen LogP contribution in [0.2, 0.25) is 0 Å². The molecule has 0 spiro atoms. The number of hydrogen-bond acceptors (Lipinski definition) is 2. The molecule has 0 saturated carbocycles. The lowest BCUT2D eigenvalue weighted by Gasteiger charge is -2.09. The molecule has 0 fully saturated rings. The van der Waals surface area contributed by atoms with Crippen molar-refractivity contribution in [3.05, 3.63) is 37.1 Å². The minimum absolute atomic E-state index is 0.159. The minimum Gasteiger partial charge on any atom is -0.396 e. The van der Waals surface area contributed by atoms with Crippen molar-refractivity contribution in [2.45, 2.75) is 6.42 Å². The van der Waals surface area contributed by atoms with E-state index in [1.54, 1.807) is 18.2 Å². The highest BCUT2D eigenvalue weighted by atomic mass is 32.1. The average molecular weight is 212 g/mol. The van der Waals surface area contributed by atoms with Gasteiger partial charge in [-0.15, -0.1) is 0 Å². The van der Waals surface area contributed by atoms with Crippen molar-refractivity contribution in [3.8, 4) is 0 Å². The third-order valence-electron chi connectivity index (χ3n) is 1.40. The van der Waals surface area contributed by atoms with Crippen molar-refractivity contribution < 1.29 is 5.11 Å². The fraction of sp³-hybridized carbons (Fsp3) is 0.300. The Morgan fingerprint density at radius 3 is 2.64 bits per heavy atom. The smallest absolute Gasteiger partial charge is 0.170 e. The van der Waals surface area contributed by atoms with Gasteiger partial charge in [0.05, 0.1) is 0 Å². The number of aliphatic hydroxyl groups is 1. The van der Waals surface area contributed by atoms with Crippen LogP contribution in [0, 0.1) is 0 Å². The van der Waals surface area contributed by atoms with Crippen LogP contribution in [-0.4, -0.2) is 23.4 Å². The molecule has 0 radical (unpaired) electrons. The Balaban J connectivity index is 3.85. The summed E-state index contributed by atoms with van der Waals surface area (Å²) in [6.45, 7) is 8.01. The summed E-state index contributed by atoms with van der Waals surface area (Å²) >= 11 is 5.00. The molecule has 0 amide bonds. The zero-order valence-corrected chi connectivity index (χ0v) is 8.94. The van der Waals surface area contributed by atoms with E-state index in [1.165, 1.54) is 0 Å². The molecule has 0 heterocycles. The van der Waals surface area contributed by atoms with Gasteiger partial charge in [0.1, 0.15) is 0 Å². The van der Waals surface area contributed by atoms with E-state index in [4.69, 9.17) is 17.3 Å². The fourth-order valence-electron chi connectivity index (χ4n) is 0.744. The highest BCUT2D eigenvalue weighted by Gasteiger charge is 1.95. The molecule has 0 aromatic heterocycles. The zero-order valence-electron chi connectivity index (χ0n) is 8.12. The molecule has 4 heteroatoms. The van der Waals surface area contributed by atoms with Gasteiger partial charge in [0.25, 0.3) is 0 Å². The molecule has 78 valence electrons. The second kappa shape index (κ2) is 8.47. The Hall–Kier alpha value is -1.13. The maximum absolute atomic E-state index is 8.55. The highest BCUT2D eigenvalue weighted by Crippen LogP contribution is 1.90. The summed E-state index contributed by atoms with van der Waals surface area (Å²) in [5.74, 6) is 0. The molecule has 0 unspecified atom stereocenters. The molecule has 14 heavy (non-hydrogen) atoms. The van der Waals surface area contributed by atoms with E-state index in [1.807, 2.05) is 0 Å². The molecule has 0 aromatic rings. The van der Waals surface area contributed by atoms with Gasteiger partial charge in [0.2, 0.25) is 0 Å². The summed E-state index contributed by atoms with van der Waals surface area (Å²) in [6, 6.07) is 0. The summed E-state index contributed by atoms with van der Waals surface area (Å²) in [6.07, 6.45) is 5.76. The monoisotopic (exact) mass is 212 g/mol. The van der Waals surface area contributed by atoms with Crippen molar-refractivity contribution in [3.63, 3.8) is 0 Å². The zero-order chi connectivity index (χ0) is 10.8. The van der Waals surface area contributed by atoms with Crippen LogP contribution in [0.3, 0.4) is 0 Å². The van der Waals surface area contributed by atoms with Gasteiger partial charge < -0.3 is 15.7 Å². The van der Waals surface area contributed by atoms with Gasteiger partial charge in [0.15, 0.2) is 5.11 Å². The quantitative estimate of drug-likeness (QED) is 0.350. The number of hydrogen-bond donors (Lipinski definition) is 3. The lowest BCUT2D eigenvalue weighted by atomic mass is 10.4. The van der Waals surface area contributed by atoms with Crippen LogP contribution in [0.5, 0.6) is 0 Å². The third-order valence-corrected chi connectivity index (χ3v) is 1.64. The summed E-state index contributed by atoms with van der Waals surface area (Å²) in [5.41, 5.74) is 0.793. The largest absolute Gasteiger partial charge is 0.396 e. The molecule has 0 atom stereocenters. The van der Waals surface area contributed by atoms with Crippen LogP contribution in [0.1, 0.15) is 6.42 Å². The van der Waals surface area contributed by atoms with Gasteiger partial charge in [-0.3, -0.25) is 0 Å². The van der Waals surface area contributed by atoms with E-state index < -0.39 is 0 Å². The Kier molecular flexibility index (Phi) is 7.78. The Morgan fingerprint density at radius 1 is 1.43 bits per heavy atom. The van der Waals surface area contributed by atoms with Crippen molar-refractivity contribution in [2.24, 2.45) is 0 Å². The summed E-state index contributed by atoms with van der Waals surface area (Å²) < 4.78 is 0. The molecule has 0 aliphatic heterocycles. The standard InChI is InChI=1S/C10H16N2OS/c1-3-6-9(4-2)12-10(14)11-7-5-8-13/h3-4,6,13H,1-2,5,7-8H2,(H2,11,12,14)/b9-6+. The molecule has 3 N–H and O–H groups in total. The average Bonchev–Trinajstić information content (AvgIpc) is 2.17. The minimum atomic E-state index is 0.159. The maximum atomic E-state index is 8.55. The van der Waals surface area contributed by atoms with Crippen LogP contribution >= 0.6 is 12.2 Å². The maximum Gasteiger partial charge on any atom is 0.170 e. The van der Waals surface area contributed by atoms with E-state index >= 15 is 0 Å². The Bertz CT molecular complexity index is 236. The number of nitrogens with one attached hydrogen (secondary N) is 2. The topological polar surface area (TPSA) is 44.3 Å². The summed E-state index contributed by atoms with van der Waals surface area (Å²) in [5, 5.41) is 14.9. The lowest BCUT2D eigenvalue weighted by molar-refractivity contribution is 0.289. The van der Waals surface area contributed by atoms with Crippen molar-refractivity contribution in [1.82, 2.24) is 10.6 Å². The van der Waals surface area contributed by atoms with Crippen LogP contribution in [0.25, 0.3) is 0 Å². The molecule has 0 rings (SSSR count). The van der Waals surface area contributed by atoms with Gasteiger partial charge in [-0.25, -0.2) is 0 Å². The number of rotatable bonds is 6. The molecule has 0 aliphatic rings. The van der Waals surface area contributed by atoms with Crippen molar-refractivity contribution in [1.29, 1.82) is 0 Å². The van der Waals surface area contributed by atoms with E-state index in [-0.39, 0.29) is 6.61 Å². The number of allylic oxidation sites excluding steroid dienone is 3. The highest BCUT2D eigenvalue weighted by molar-refractivity contribution is 7.80. The summed E-state index contributed by atoms with van der Waals surface area (Å²) in [4.78, 5) is 0. The summed E-state index contributed by atoms with van der Waals surface area (Å²) in [7, 11) is 0. The first-order valence-corrected chi connectivity index (χ1v) is 4.76. The molecular formula is C10H16N2OS. The van der Waals surface area contributed by atoms with Crippen molar-refractivity contribution >= 4 is 17.3 Å². The predicted molar refractivity (Wildman–Crippen MR) is 63.9 cm³/mol. The first-order chi connectivity index (χ1) is 6.74. The van der Waals surface area contributed by atoms with Crippen LogP contribution < -0.4 is 10.6 Å². The Labute approximate surface area is 90.2 Å². The van der Waals surface area contributed by atoms with Gasteiger partial charge in [-0.05, 0) is 30.8 Å². The molecule has 0 aliphatic carbocycles. The normalized spacial score (nSPS) is 10.5. The molecular weight excluding hydrogens is 196 g/mol. The number of aliphatic hydroxyl groups excluding tert-OH is 1. The third kappa shape index (κ3) is 6.39. The van der Waals surface area contributed by atoms with Gasteiger partial charge >= 0.3 is 0 Å².